The van der Waals surface area contributed by atoms with E-state index in [1.807, 2.05) is 13.8 Å². The molecule has 0 saturated carbocycles. The summed E-state index contributed by atoms with van der Waals surface area (Å²) in [5, 5.41) is 10.5. The highest BCUT2D eigenvalue weighted by molar-refractivity contribution is 7.85. The highest BCUT2D eigenvalue weighted by atomic mass is 32.2. The molecule has 1 aromatic rings. The molecule has 1 aromatic carbocycles. The van der Waals surface area contributed by atoms with Gasteiger partial charge < -0.3 is 9.47 Å². The zero-order chi connectivity index (χ0) is 15.0. The van der Waals surface area contributed by atoms with Gasteiger partial charge in [0, 0.05) is 42.4 Å². The van der Waals surface area contributed by atoms with Crippen molar-refractivity contribution < 1.29 is 18.6 Å². The standard InChI is InChI=1S/C13H19NO5S/c1-3-18-13(19-4-2)9-10-20(17)12-7-5-11(6-8-12)14(15)16/h5-8,13H,3-4,9-10H2,1-2H3. The SMILES string of the molecule is CCOC(CCS(=O)c1ccc([N+](=O)[O-])cc1)OCC. The predicted molar refractivity (Wildman–Crippen MR) is 76.0 cm³/mol. The molecule has 0 aliphatic carbocycles. The van der Waals surface area contributed by atoms with E-state index in [0.29, 0.717) is 30.3 Å². The lowest BCUT2D eigenvalue weighted by Gasteiger charge is -2.16. The van der Waals surface area contributed by atoms with Gasteiger partial charge in [-0.2, -0.15) is 0 Å². The Labute approximate surface area is 120 Å². The van der Waals surface area contributed by atoms with Gasteiger partial charge in [-0.1, -0.05) is 0 Å². The van der Waals surface area contributed by atoms with Gasteiger partial charge in [0.2, 0.25) is 0 Å². The fourth-order valence-corrected chi connectivity index (χ4v) is 2.71. The maximum Gasteiger partial charge on any atom is 0.269 e. The molecule has 0 aliphatic heterocycles. The van der Waals surface area contributed by atoms with Gasteiger partial charge in [-0.25, -0.2) is 0 Å². The maximum absolute atomic E-state index is 12.1. The van der Waals surface area contributed by atoms with Crippen LogP contribution in [0.3, 0.4) is 0 Å². The van der Waals surface area contributed by atoms with Crippen LogP contribution in [0.2, 0.25) is 0 Å². The van der Waals surface area contributed by atoms with Gasteiger partial charge in [-0.05, 0) is 26.0 Å². The van der Waals surface area contributed by atoms with Crippen LogP contribution in [0, 0.1) is 10.1 Å². The molecule has 112 valence electrons. The number of nitro groups is 1. The molecule has 0 bridgehead atoms. The van der Waals surface area contributed by atoms with Gasteiger partial charge in [0.05, 0.1) is 15.7 Å². The second kappa shape index (κ2) is 8.78. The van der Waals surface area contributed by atoms with Crippen LogP contribution in [0.25, 0.3) is 0 Å². The second-order valence-corrected chi connectivity index (χ2v) is 5.50. The minimum atomic E-state index is -1.22. The molecule has 7 heteroatoms. The Balaban J connectivity index is 2.55. The summed E-state index contributed by atoms with van der Waals surface area (Å²) in [6, 6.07) is 5.75. The smallest absolute Gasteiger partial charge is 0.269 e. The molecule has 6 nitrogen and oxygen atoms in total. The molecule has 0 aliphatic rings. The van der Waals surface area contributed by atoms with E-state index in [2.05, 4.69) is 0 Å². The van der Waals surface area contributed by atoms with Crippen LogP contribution in [-0.2, 0) is 20.3 Å². The van der Waals surface area contributed by atoms with Crippen molar-refractivity contribution in [1.82, 2.24) is 0 Å². The van der Waals surface area contributed by atoms with Gasteiger partial charge in [-0.3, -0.25) is 14.3 Å². The van der Waals surface area contributed by atoms with Crippen LogP contribution >= 0.6 is 0 Å². The Kier molecular flexibility index (Phi) is 7.35. The first-order chi connectivity index (χ1) is 9.58. The largest absolute Gasteiger partial charge is 0.353 e. The maximum atomic E-state index is 12.1. The molecule has 0 heterocycles. The number of hydrogen-bond acceptors (Lipinski definition) is 5. The Morgan fingerprint density at radius 3 is 2.20 bits per heavy atom. The molecule has 1 atom stereocenters. The zero-order valence-corrected chi connectivity index (χ0v) is 12.4. The normalized spacial score (nSPS) is 12.6. The molecular formula is C13H19NO5S. The zero-order valence-electron chi connectivity index (χ0n) is 11.6. The molecule has 0 fully saturated rings. The molecular weight excluding hydrogens is 282 g/mol. The van der Waals surface area contributed by atoms with E-state index in [0.717, 1.165) is 0 Å². The van der Waals surface area contributed by atoms with E-state index in [4.69, 9.17) is 9.47 Å². The summed E-state index contributed by atoms with van der Waals surface area (Å²) in [4.78, 5) is 10.6. The summed E-state index contributed by atoms with van der Waals surface area (Å²) >= 11 is 0. The fourth-order valence-electron chi connectivity index (χ4n) is 1.63. The minimum Gasteiger partial charge on any atom is -0.353 e. The average molecular weight is 301 g/mol. The van der Waals surface area contributed by atoms with Crippen molar-refractivity contribution >= 4 is 16.5 Å². The number of nitrogens with zero attached hydrogens (tertiary/aromatic N) is 1. The number of non-ortho nitro benzene ring substituents is 1. The van der Waals surface area contributed by atoms with Gasteiger partial charge in [0.15, 0.2) is 6.29 Å². The molecule has 0 saturated heterocycles. The van der Waals surface area contributed by atoms with E-state index in [9.17, 15) is 14.3 Å². The summed E-state index contributed by atoms with van der Waals surface area (Å²) in [5.74, 6) is 0.391. The van der Waals surface area contributed by atoms with Crippen molar-refractivity contribution in [2.24, 2.45) is 0 Å². The Bertz CT molecular complexity index is 443. The van der Waals surface area contributed by atoms with E-state index in [1.165, 1.54) is 24.3 Å². The first kappa shape index (κ1) is 16.7. The van der Waals surface area contributed by atoms with Crippen LogP contribution in [0.5, 0.6) is 0 Å². The summed E-state index contributed by atoms with van der Waals surface area (Å²) in [5.41, 5.74) is -0.00717. The van der Waals surface area contributed by atoms with Crippen molar-refractivity contribution in [3.8, 4) is 0 Å². The number of rotatable bonds is 9. The Hall–Kier alpha value is -1.31. The highest BCUT2D eigenvalue weighted by Crippen LogP contribution is 2.16. The Morgan fingerprint density at radius 2 is 1.75 bits per heavy atom. The predicted octanol–water partition coefficient (Wildman–Crippen LogP) is 2.49. The summed E-state index contributed by atoms with van der Waals surface area (Å²) in [7, 11) is -1.22. The van der Waals surface area contributed by atoms with Crippen LogP contribution < -0.4 is 0 Å². The van der Waals surface area contributed by atoms with Crippen LogP contribution in [0.1, 0.15) is 20.3 Å². The second-order valence-electron chi connectivity index (χ2n) is 3.93. The third kappa shape index (κ3) is 5.36. The van der Waals surface area contributed by atoms with E-state index in [1.54, 1.807) is 0 Å². The third-order valence-corrected chi connectivity index (χ3v) is 3.96. The van der Waals surface area contributed by atoms with Crippen molar-refractivity contribution in [1.29, 1.82) is 0 Å². The van der Waals surface area contributed by atoms with Crippen LogP contribution in [0.15, 0.2) is 29.2 Å². The lowest BCUT2D eigenvalue weighted by molar-refractivity contribution is -0.384. The summed E-state index contributed by atoms with van der Waals surface area (Å²) < 4.78 is 22.8. The summed E-state index contributed by atoms with van der Waals surface area (Å²) in [6.45, 7) is 4.82. The van der Waals surface area contributed by atoms with Gasteiger partial charge in [0.1, 0.15) is 0 Å². The third-order valence-electron chi connectivity index (χ3n) is 2.55. The first-order valence-electron chi connectivity index (χ1n) is 6.44. The fraction of sp³-hybridized carbons (Fsp3) is 0.538. The van der Waals surface area contributed by atoms with Crippen molar-refractivity contribution in [2.45, 2.75) is 31.5 Å². The van der Waals surface area contributed by atoms with Gasteiger partial charge in [-0.15, -0.1) is 0 Å². The topological polar surface area (TPSA) is 78.7 Å². The quantitative estimate of drug-likeness (QED) is 0.398. The monoisotopic (exact) mass is 301 g/mol. The molecule has 0 radical (unpaired) electrons. The molecule has 0 amide bonds. The van der Waals surface area contributed by atoms with Gasteiger partial charge >= 0.3 is 0 Å². The Morgan fingerprint density at radius 1 is 1.20 bits per heavy atom. The molecule has 1 rings (SSSR count). The van der Waals surface area contributed by atoms with E-state index < -0.39 is 15.7 Å². The lowest BCUT2D eigenvalue weighted by atomic mass is 10.3. The lowest BCUT2D eigenvalue weighted by Crippen LogP contribution is -2.20. The van der Waals surface area contributed by atoms with Crippen LogP contribution in [-0.4, -0.2) is 34.4 Å². The van der Waals surface area contributed by atoms with Crippen molar-refractivity contribution in [2.75, 3.05) is 19.0 Å². The van der Waals surface area contributed by atoms with E-state index in [-0.39, 0.29) is 12.0 Å². The minimum absolute atomic E-state index is 0.00717. The molecule has 0 spiro atoms. The average Bonchev–Trinajstić information content (AvgIpc) is 2.45. The first-order valence-corrected chi connectivity index (χ1v) is 7.76. The van der Waals surface area contributed by atoms with Crippen molar-refractivity contribution in [3.05, 3.63) is 34.4 Å². The molecule has 0 N–H and O–H groups in total. The number of ether oxygens (including phenoxy) is 2. The molecule has 20 heavy (non-hydrogen) atoms. The number of benzene rings is 1. The van der Waals surface area contributed by atoms with Crippen LogP contribution in [0.4, 0.5) is 5.69 Å². The van der Waals surface area contributed by atoms with E-state index >= 15 is 0 Å². The number of hydrogen-bond donors (Lipinski definition) is 0. The van der Waals surface area contributed by atoms with Gasteiger partial charge in [0.25, 0.3) is 5.69 Å². The highest BCUT2D eigenvalue weighted by Gasteiger charge is 2.13. The van der Waals surface area contributed by atoms with Crippen molar-refractivity contribution in [3.63, 3.8) is 0 Å². The molecule has 1 unspecified atom stereocenters. The number of nitro benzene ring substituents is 1. The summed E-state index contributed by atoms with van der Waals surface area (Å²) in [6.07, 6.45) is 0.164. The molecule has 0 aromatic heterocycles.